The number of carbonyl (C=O) groups excluding carboxylic acids is 2. The normalized spacial score (nSPS) is 17.7. The summed E-state index contributed by atoms with van der Waals surface area (Å²) in [5.74, 6) is -0.381. The molecule has 1 atom stereocenters. The first-order valence-electron chi connectivity index (χ1n) is 7.89. The highest BCUT2D eigenvalue weighted by Crippen LogP contribution is 2.28. The van der Waals surface area contributed by atoms with Crippen molar-refractivity contribution in [2.75, 3.05) is 10.2 Å². The van der Waals surface area contributed by atoms with Gasteiger partial charge in [-0.05, 0) is 42.1 Å². The number of anilines is 2. The molecule has 24 heavy (non-hydrogen) atoms. The van der Waals surface area contributed by atoms with Crippen molar-refractivity contribution in [1.29, 1.82) is 0 Å². The van der Waals surface area contributed by atoms with E-state index in [1.807, 2.05) is 55.6 Å². The zero-order chi connectivity index (χ0) is 16.7. The van der Waals surface area contributed by atoms with Crippen LogP contribution >= 0.6 is 0 Å². The minimum Gasteiger partial charge on any atom is -0.373 e. The number of aromatic nitrogens is 1. The van der Waals surface area contributed by atoms with Gasteiger partial charge in [0.2, 0.25) is 5.91 Å². The van der Waals surface area contributed by atoms with E-state index in [1.54, 1.807) is 6.07 Å². The third kappa shape index (κ3) is 2.34. The lowest BCUT2D eigenvalue weighted by Gasteiger charge is -2.18. The number of hydrogen-bond acceptors (Lipinski definition) is 3. The third-order valence-electron chi connectivity index (χ3n) is 4.40. The molecule has 1 aromatic heterocycles. The third-order valence-corrected chi connectivity index (χ3v) is 4.40. The zero-order valence-electron chi connectivity index (χ0n) is 13.2. The Morgan fingerprint density at radius 1 is 1.12 bits per heavy atom. The summed E-state index contributed by atoms with van der Waals surface area (Å²) in [6, 6.07) is 14.7. The van der Waals surface area contributed by atoms with Crippen LogP contribution in [0.1, 0.15) is 12.0 Å². The molecule has 1 aliphatic heterocycles. The highest BCUT2D eigenvalue weighted by molar-refractivity contribution is 6.23. The summed E-state index contributed by atoms with van der Waals surface area (Å²) in [7, 11) is 0. The standard InChI is InChI=1S/C19H17N3O2/c1-12-4-2-3-5-17(12)22-18(23)11-16(19(22)24)21-14-7-6-13-8-9-20-15(13)10-14/h2-10,16,20-21H,11H2,1H3/t16-/m1/s1. The molecular weight excluding hydrogens is 302 g/mol. The number of nitrogens with zero attached hydrogens (tertiary/aromatic N) is 1. The van der Waals surface area contributed by atoms with Crippen molar-refractivity contribution >= 4 is 34.1 Å². The number of H-pyrrole nitrogens is 1. The monoisotopic (exact) mass is 319 g/mol. The number of benzene rings is 2. The quantitative estimate of drug-likeness (QED) is 0.729. The summed E-state index contributed by atoms with van der Waals surface area (Å²) in [5, 5.41) is 4.30. The van der Waals surface area contributed by atoms with E-state index in [-0.39, 0.29) is 18.2 Å². The largest absolute Gasteiger partial charge is 0.373 e. The van der Waals surface area contributed by atoms with E-state index >= 15 is 0 Å². The number of carbonyl (C=O) groups is 2. The van der Waals surface area contributed by atoms with Crippen molar-refractivity contribution in [2.45, 2.75) is 19.4 Å². The summed E-state index contributed by atoms with van der Waals surface area (Å²) in [4.78, 5) is 29.5. The van der Waals surface area contributed by atoms with Crippen LogP contribution < -0.4 is 10.2 Å². The molecule has 2 N–H and O–H groups in total. The first kappa shape index (κ1) is 14.5. The lowest BCUT2D eigenvalue weighted by atomic mass is 10.2. The molecular formula is C19H17N3O2. The van der Waals surface area contributed by atoms with E-state index in [0.29, 0.717) is 5.69 Å². The van der Waals surface area contributed by atoms with Crippen LogP contribution in [0.2, 0.25) is 0 Å². The molecule has 1 saturated heterocycles. The lowest BCUT2D eigenvalue weighted by molar-refractivity contribution is -0.121. The molecule has 0 radical (unpaired) electrons. The molecule has 0 saturated carbocycles. The van der Waals surface area contributed by atoms with Crippen LogP contribution in [0.5, 0.6) is 0 Å². The second-order valence-electron chi connectivity index (χ2n) is 6.03. The maximum absolute atomic E-state index is 12.7. The molecule has 5 nitrogen and oxygen atoms in total. The number of aryl methyl sites for hydroxylation is 1. The van der Waals surface area contributed by atoms with E-state index in [1.165, 1.54) is 4.90 Å². The number of aromatic amines is 1. The number of nitrogens with one attached hydrogen (secondary N) is 2. The Bertz CT molecular complexity index is 944. The van der Waals surface area contributed by atoms with Gasteiger partial charge in [0.1, 0.15) is 6.04 Å². The van der Waals surface area contributed by atoms with Gasteiger partial charge in [0.05, 0.1) is 12.1 Å². The maximum Gasteiger partial charge on any atom is 0.256 e. The van der Waals surface area contributed by atoms with Crippen molar-refractivity contribution in [2.24, 2.45) is 0 Å². The van der Waals surface area contributed by atoms with Gasteiger partial charge in [-0.2, -0.15) is 0 Å². The molecule has 1 fully saturated rings. The first-order valence-corrected chi connectivity index (χ1v) is 7.89. The fourth-order valence-electron chi connectivity index (χ4n) is 3.15. The molecule has 2 aromatic carbocycles. The fraction of sp³-hybridized carbons (Fsp3) is 0.158. The molecule has 0 unspecified atom stereocenters. The van der Waals surface area contributed by atoms with Crippen molar-refractivity contribution in [1.82, 2.24) is 4.98 Å². The van der Waals surface area contributed by atoms with Crippen LogP contribution in [-0.4, -0.2) is 22.8 Å². The lowest BCUT2D eigenvalue weighted by Crippen LogP contribution is -2.35. The van der Waals surface area contributed by atoms with Gasteiger partial charge in [-0.25, -0.2) is 4.90 Å². The average Bonchev–Trinajstić information content (AvgIpc) is 3.13. The summed E-state index contributed by atoms with van der Waals surface area (Å²) in [5.41, 5.74) is 3.39. The van der Waals surface area contributed by atoms with Crippen LogP contribution in [0.15, 0.2) is 54.7 Å². The molecule has 2 heterocycles. The number of amides is 2. The second kappa shape index (κ2) is 5.53. The predicted octanol–water partition coefficient (Wildman–Crippen LogP) is 3.22. The zero-order valence-corrected chi connectivity index (χ0v) is 13.2. The first-order chi connectivity index (χ1) is 11.6. The highest BCUT2D eigenvalue weighted by Gasteiger charge is 2.40. The number of rotatable bonds is 3. The van der Waals surface area contributed by atoms with Crippen molar-refractivity contribution in [3.05, 3.63) is 60.3 Å². The van der Waals surface area contributed by atoms with Crippen molar-refractivity contribution in [3.63, 3.8) is 0 Å². The van der Waals surface area contributed by atoms with Crippen molar-refractivity contribution in [3.8, 4) is 0 Å². The van der Waals surface area contributed by atoms with Gasteiger partial charge in [0.25, 0.3) is 5.91 Å². The molecule has 0 aliphatic carbocycles. The Morgan fingerprint density at radius 3 is 2.79 bits per heavy atom. The SMILES string of the molecule is Cc1ccccc1N1C(=O)C[C@@H](Nc2ccc3cc[nH]c3c2)C1=O. The van der Waals surface area contributed by atoms with Gasteiger partial charge in [0.15, 0.2) is 0 Å². The van der Waals surface area contributed by atoms with Gasteiger partial charge < -0.3 is 10.3 Å². The van der Waals surface area contributed by atoms with Crippen LogP contribution in [0, 0.1) is 6.92 Å². The number of hydrogen-bond donors (Lipinski definition) is 2. The van der Waals surface area contributed by atoms with Crippen LogP contribution in [0.3, 0.4) is 0 Å². The van der Waals surface area contributed by atoms with Gasteiger partial charge in [0, 0.05) is 17.4 Å². The number of para-hydroxylation sites is 1. The Labute approximate surface area is 139 Å². The molecule has 2 amide bonds. The smallest absolute Gasteiger partial charge is 0.256 e. The Balaban J connectivity index is 1.60. The summed E-state index contributed by atoms with van der Waals surface area (Å²) in [6.45, 7) is 1.90. The fourth-order valence-corrected chi connectivity index (χ4v) is 3.15. The van der Waals surface area contributed by atoms with Gasteiger partial charge >= 0.3 is 0 Å². The second-order valence-corrected chi connectivity index (χ2v) is 6.03. The minimum atomic E-state index is -0.537. The molecule has 5 heteroatoms. The summed E-state index contributed by atoms with van der Waals surface area (Å²) in [6.07, 6.45) is 2.04. The van der Waals surface area contributed by atoms with Crippen LogP contribution in [0.4, 0.5) is 11.4 Å². The summed E-state index contributed by atoms with van der Waals surface area (Å²) >= 11 is 0. The maximum atomic E-state index is 12.7. The summed E-state index contributed by atoms with van der Waals surface area (Å²) < 4.78 is 0. The molecule has 3 aromatic rings. The average molecular weight is 319 g/mol. The van der Waals surface area contributed by atoms with Crippen molar-refractivity contribution < 1.29 is 9.59 Å². The van der Waals surface area contributed by atoms with Gasteiger partial charge in [-0.15, -0.1) is 0 Å². The molecule has 0 bridgehead atoms. The Morgan fingerprint density at radius 2 is 1.96 bits per heavy atom. The predicted molar refractivity (Wildman–Crippen MR) is 94.0 cm³/mol. The molecule has 1 aliphatic rings. The molecule has 120 valence electrons. The van der Waals surface area contributed by atoms with Crippen LogP contribution in [0.25, 0.3) is 10.9 Å². The van der Waals surface area contributed by atoms with E-state index < -0.39 is 6.04 Å². The minimum absolute atomic E-state index is 0.163. The Hall–Kier alpha value is -3.08. The highest BCUT2D eigenvalue weighted by atomic mass is 16.2. The molecule has 0 spiro atoms. The van der Waals surface area contributed by atoms with E-state index in [4.69, 9.17) is 0 Å². The van der Waals surface area contributed by atoms with Gasteiger partial charge in [-0.1, -0.05) is 24.3 Å². The Kier molecular flexibility index (Phi) is 3.34. The van der Waals surface area contributed by atoms with E-state index in [9.17, 15) is 9.59 Å². The van der Waals surface area contributed by atoms with Crippen LogP contribution in [-0.2, 0) is 9.59 Å². The number of fused-ring (bicyclic) bond motifs is 1. The van der Waals surface area contributed by atoms with E-state index in [2.05, 4.69) is 10.3 Å². The van der Waals surface area contributed by atoms with Gasteiger partial charge in [-0.3, -0.25) is 9.59 Å². The number of imide groups is 1. The topological polar surface area (TPSA) is 65.2 Å². The molecule has 4 rings (SSSR count). The van der Waals surface area contributed by atoms with E-state index in [0.717, 1.165) is 22.2 Å².